The van der Waals surface area contributed by atoms with Gasteiger partial charge in [0.1, 0.15) is 5.78 Å². The molecule has 0 bridgehead atoms. The molecule has 122 valence electrons. The SMILES string of the molecule is O=C(CCC(=O)C(=O)CC(=O)c1ccccc1)Cc1ccccc1. The Labute approximate surface area is 140 Å². The van der Waals surface area contributed by atoms with E-state index in [2.05, 4.69) is 0 Å². The Morgan fingerprint density at radius 3 is 1.88 bits per heavy atom. The molecule has 0 heterocycles. The summed E-state index contributed by atoms with van der Waals surface area (Å²) in [4.78, 5) is 47.4. The molecule has 0 aliphatic heterocycles. The van der Waals surface area contributed by atoms with Gasteiger partial charge in [0.25, 0.3) is 0 Å². The second-order valence-electron chi connectivity index (χ2n) is 5.51. The lowest BCUT2D eigenvalue weighted by molar-refractivity contribution is -0.136. The number of ketones is 4. The van der Waals surface area contributed by atoms with E-state index in [4.69, 9.17) is 0 Å². The van der Waals surface area contributed by atoms with Crippen molar-refractivity contribution in [3.05, 3.63) is 71.8 Å². The van der Waals surface area contributed by atoms with Crippen molar-refractivity contribution in [2.75, 3.05) is 0 Å². The van der Waals surface area contributed by atoms with Crippen molar-refractivity contribution >= 4 is 23.1 Å². The number of benzene rings is 2. The molecule has 0 atom stereocenters. The third-order valence-electron chi connectivity index (χ3n) is 3.60. The summed E-state index contributed by atoms with van der Waals surface area (Å²) >= 11 is 0. The Kier molecular flexibility index (Phi) is 6.32. The molecule has 0 amide bonds. The van der Waals surface area contributed by atoms with Gasteiger partial charge in [-0.3, -0.25) is 19.2 Å². The van der Waals surface area contributed by atoms with Crippen LogP contribution in [0, 0.1) is 0 Å². The smallest absolute Gasteiger partial charge is 0.206 e. The fourth-order valence-electron chi connectivity index (χ4n) is 2.27. The predicted octanol–water partition coefficient (Wildman–Crippen LogP) is 2.99. The van der Waals surface area contributed by atoms with Crippen LogP contribution in [0.25, 0.3) is 0 Å². The molecule has 0 saturated heterocycles. The number of carbonyl (C=O) groups is 4. The van der Waals surface area contributed by atoms with Crippen LogP contribution >= 0.6 is 0 Å². The summed E-state index contributed by atoms with van der Waals surface area (Å²) in [5, 5.41) is 0. The fraction of sp³-hybridized carbons (Fsp3) is 0.200. The van der Waals surface area contributed by atoms with Crippen LogP contribution in [-0.4, -0.2) is 23.1 Å². The van der Waals surface area contributed by atoms with Crippen molar-refractivity contribution in [1.82, 2.24) is 0 Å². The van der Waals surface area contributed by atoms with Crippen molar-refractivity contribution in [3.8, 4) is 0 Å². The molecule has 0 saturated carbocycles. The highest BCUT2D eigenvalue weighted by atomic mass is 16.2. The second-order valence-corrected chi connectivity index (χ2v) is 5.51. The van der Waals surface area contributed by atoms with Crippen LogP contribution in [-0.2, 0) is 20.8 Å². The van der Waals surface area contributed by atoms with E-state index >= 15 is 0 Å². The molecule has 2 rings (SSSR count). The van der Waals surface area contributed by atoms with Crippen LogP contribution in [0.2, 0.25) is 0 Å². The van der Waals surface area contributed by atoms with Gasteiger partial charge in [-0.2, -0.15) is 0 Å². The molecule has 0 fully saturated rings. The molecule has 0 spiro atoms. The molecular formula is C20H18O4. The van der Waals surface area contributed by atoms with Crippen molar-refractivity contribution in [3.63, 3.8) is 0 Å². The van der Waals surface area contributed by atoms with Crippen molar-refractivity contribution in [1.29, 1.82) is 0 Å². The van der Waals surface area contributed by atoms with Crippen LogP contribution < -0.4 is 0 Å². The number of hydrogen-bond acceptors (Lipinski definition) is 4. The molecule has 0 aromatic heterocycles. The van der Waals surface area contributed by atoms with E-state index in [0.29, 0.717) is 5.56 Å². The van der Waals surface area contributed by atoms with Crippen molar-refractivity contribution in [2.24, 2.45) is 0 Å². The normalized spacial score (nSPS) is 10.2. The topological polar surface area (TPSA) is 68.3 Å². The standard InChI is InChI=1S/C20H18O4/c21-17(13-15-7-3-1-4-8-15)11-12-18(22)20(24)14-19(23)16-9-5-2-6-10-16/h1-10H,11-14H2. The minimum atomic E-state index is -0.739. The van der Waals surface area contributed by atoms with Gasteiger partial charge in [-0.05, 0) is 5.56 Å². The molecule has 0 aliphatic rings. The molecule has 0 unspecified atom stereocenters. The summed E-state index contributed by atoms with van der Waals surface area (Å²) < 4.78 is 0. The first-order valence-electron chi connectivity index (χ1n) is 7.76. The monoisotopic (exact) mass is 322 g/mol. The minimum absolute atomic E-state index is 0.0129. The van der Waals surface area contributed by atoms with E-state index < -0.39 is 18.0 Å². The highest BCUT2D eigenvalue weighted by Gasteiger charge is 2.19. The third kappa shape index (κ3) is 5.39. The van der Waals surface area contributed by atoms with Gasteiger partial charge in [0, 0.05) is 24.8 Å². The average molecular weight is 322 g/mol. The summed E-state index contributed by atoms with van der Waals surface area (Å²) in [6, 6.07) is 17.6. The number of carbonyl (C=O) groups excluding carboxylic acids is 4. The lowest BCUT2D eigenvalue weighted by Crippen LogP contribution is -2.19. The number of rotatable bonds is 9. The van der Waals surface area contributed by atoms with E-state index in [1.54, 1.807) is 30.3 Å². The van der Waals surface area contributed by atoms with Gasteiger partial charge in [-0.25, -0.2) is 0 Å². The van der Waals surface area contributed by atoms with E-state index in [-0.39, 0.29) is 30.8 Å². The number of hydrogen-bond donors (Lipinski definition) is 0. The maximum absolute atomic E-state index is 11.9. The van der Waals surface area contributed by atoms with Gasteiger partial charge in [0.15, 0.2) is 11.6 Å². The van der Waals surface area contributed by atoms with E-state index in [1.807, 2.05) is 30.3 Å². The molecule has 4 nitrogen and oxygen atoms in total. The molecule has 0 radical (unpaired) electrons. The van der Waals surface area contributed by atoms with Crippen molar-refractivity contribution < 1.29 is 19.2 Å². The Hall–Kier alpha value is -2.88. The van der Waals surface area contributed by atoms with E-state index in [9.17, 15) is 19.2 Å². The first kappa shape index (κ1) is 17.5. The van der Waals surface area contributed by atoms with Crippen molar-refractivity contribution in [2.45, 2.75) is 25.7 Å². The predicted molar refractivity (Wildman–Crippen MR) is 89.8 cm³/mol. The summed E-state index contributed by atoms with van der Waals surface area (Å²) in [5.74, 6) is -1.89. The average Bonchev–Trinajstić information content (AvgIpc) is 2.61. The minimum Gasteiger partial charge on any atom is -0.299 e. The quantitative estimate of drug-likeness (QED) is 0.404. The Bertz CT molecular complexity index is 733. The second kappa shape index (κ2) is 8.67. The third-order valence-corrected chi connectivity index (χ3v) is 3.60. The zero-order chi connectivity index (χ0) is 17.4. The highest BCUT2D eigenvalue weighted by Crippen LogP contribution is 2.07. The van der Waals surface area contributed by atoms with Crippen LogP contribution in [0.4, 0.5) is 0 Å². The van der Waals surface area contributed by atoms with Gasteiger partial charge in [-0.15, -0.1) is 0 Å². The lowest BCUT2D eigenvalue weighted by atomic mass is 10.00. The molecule has 2 aromatic carbocycles. The van der Waals surface area contributed by atoms with Gasteiger partial charge < -0.3 is 0 Å². The zero-order valence-corrected chi connectivity index (χ0v) is 13.2. The highest BCUT2D eigenvalue weighted by molar-refractivity contribution is 6.41. The number of Topliss-reactive ketones (excluding diaryl/α,β-unsaturated/α-hetero) is 4. The van der Waals surface area contributed by atoms with Gasteiger partial charge in [-0.1, -0.05) is 60.7 Å². The van der Waals surface area contributed by atoms with E-state index in [1.165, 1.54) is 0 Å². The van der Waals surface area contributed by atoms with Crippen LogP contribution in [0.5, 0.6) is 0 Å². The Morgan fingerprint density at radius 2 is 1.25 bits per heavy atom. The van der Waals surface area contributed by atoms with Gasteiger partial charge >= 0.3 is 0 Å². The molecule has 2 aromatic rings. The summed E-state index contributed by atoms with van der Waals surface area (Å²) in [5.41, 5.74) is 1.28. The van der Waals surface area contributed by atoms with Crippen LogP contribution in [0.1, 0.15) is 35.2 Å². The van der Waals surface area contributed by atoms with Crippen LogP contribution in [0.15, 0.2) is 60.7 Å². The molecular weight excluding hydrogens is 304 g/mol. The molecule has 4 heteroatoms. The molecule has 24 heavy (non-hydrogen) atoms. The summed E-state index contributed by atoms with van der Waals surface area (Å²) in [6.07, 6.45) is -0.341. The Balaban J connectivity index is 1.78. The zero-order valence-electron chi connectivity index (χ0n) is 13.2. The molecule has 0 N–H and O–H groups in total. The lowest BCUT2D eigenvalue weighted by Gasteiger charge is -2.02. The maximum atomic E-state index is 11.9. The summed E-state index contributed by atoms with van der Waals surface area (Å²) in [7, 11) is 0. The van der Waals surface area contributed by atoms with Gasteiger partial charge in [0.05, 0.1) is 6.42 Å². The fourth-order valence-corrected chi connectivity index (χ4v) is 2.27. The summed E-state index contributed by atoms with van der Waals surface area (Å²) in [6.45, 7) is 0. The van der Waals surface area contributed by atoms with Gasteiger partial charge in [0.2, 0.25) is 5.78 Å². The first-order chi connectivity index (χ1) is 11.6. The van der Waals surface area contributed by atoms with Crippen LogP contribution in [0.3, 0.4) is 0 Å². The van der Waals surface area contributed by atoms with E-state index in [0.717, 1.165) is 5.56 Å². The maximum Gasteiger partial charge on any atom is 0.206 e. The Morgan fingerprint density at radius 1 is 0.667 bits per heavy atom. The largest absolute Gasteiger partial charge is 0.299 e. The molecule has 0 aliphatic carbocycles. The first-order valence-corrected chi connectivity index (χ1v) is 7.76.